The first-order valence-corrected chi connectivity index (χ1v) is 10.8. The van der Waals surface area contributed by atoms with Gasteiger partial charge in [-0.2, -0.15) is 9.90 Å². The number of amides is 2. The number of likely N-dealkylation sites (tertiary alicyclic amines) is 1. The molecule has 1 fully saturated rings. The number of hydrazone groups is 1. The maximum Gasteiger partial charge on any atom is 0.263 e. The summed E-state index contributed by atoms with van der Waals surface area (Å²) in [6.07, 6.45) is 2.11. The molecule has 1 saturated heterocycles. The minimum atomic E-state index is -0.369. The SMILES string of the molecule is C/C(=N\NC(=O)Cn1nnc(-c2ccccc2)n1)c1ccc(OCC(=O)N2CCCC2)cc1. The number of carbonyl (C=O) groups is 2. The Kier molecular flexibility index (Phi) is 7.03. The lowest BCUT2D eigenvalue weighted by Crippen LogP contribution is -2.32. The van der Waals surface area contributed by atoms with Gasteiger partial charge in [-0.15, -0.1) is 10.2 Å². The monoisotopic (exact) mass is 447 g/mol. The van der Waals surface area contributed by atoms with E-state index in [0.29, 0.717) is 17.3 Å². The first-order chi connectivity index (χ1) is 16.1. The van der Waals surface area contributed by atoms with Crippen molar-refractivity contribution in [2.24, 2.45) is 5.10 Å². The van der Waals surface area contributed by atoms with Gasteiger partial charge in [0, 0.05) is 18.7 Å². The summed E-state index contributed by atoms with van der Waals surface area (Å²) in [5, 5.41) is 16.2. The van der Waals surface area contributed by atoms with Gasteiger partial charge in [0.2, 0.25) is 5.82 Å². The molecule has 10 heteroatoms. The molecule has 0 radical (unpaired) electrons. The van der Waals surface area contributed by atoms with Gasteiger partial charge in [-0.25, -0.2) is 5.43 Å². The summed E-state index contributed by atoms with van der Waals surface area (Å²) in [5.74, 6) is 0.698. The second-order valence-electron chi connectivity index (χ2n) is 7.64. The van der Waals surface area contributed by atoms with Crippen LogP contribution in [0.15, 0.2) is 59.7 Å². The highest BCUT2D eigenvalue weighted by molar-refractivity contribution is 5.99. The fourth-order valence-electron chi connectivity index (χ4n) is 3.38. The van der Waals surface area contributed by atoms with Gasteiger partial charge in [-0.05, 0) is 54.8 Å². The Labute approximate surface area is 191 Å². The van der Waals surface area contributed by atoms with Gasteiger partial charge in [0.05, 0.1) is 5.71 Å². The standard InChI is InChI=1S/C23H25N7O3/c1-17(18-9-11-20(12-10-18)33-16-22(32)29-13-5-6-14-29)24-25-21(31)15-30-27-23(26-28-30)19-7-3-2-4-8-19/h2-4,7-12H,5-6,13-16H2,1H3,(H,25,31)/b24-17+. The van der Waals surface area contributed by atoms with Crippen LogP contribution in [0.5, 0.6) is 5.75 Å². The Morgan fingerprint density at radius 1 is 1.06 bits per heavy atom. The van der Waals surface area contributed by atoms with Crippen LogP contribution in [0, 0.1) is 0 Å². The van der Waals surface area contributed by atoms with Gasteiger partial charge in [-0.1, -0.05) is 30.3 Å². The lowest BCUT2D eigenvalue weighted by atomic mass is 10.1. The number of nitrogens with one attached hydrogen (secondary N) is 1. The molecule has 1 N–H and O–H groups in total. The molecule has 0 aliphatic carbocycles. The number of ether oxygens (including phenoxy) is 1. The Balaban J connectivity index is 1.26. The van der Waals surface area contributed by atoms with Crippen LogP contribution < -0.4 is 10.2 Å². The van der Waals surface area contributed by atoms with Crippen LogP contribution in [-0.4, -0.2) is 62.3 Å². The third-order valence-corrected chi connectivity index (χ3v) is 5.21. The number of hydrogen-bond acceptors (Lipinski definition) is 7. The molecular weight excluding hydrogens is 422 g/mol. The van der Waals surface area contributed by atoms with Gasteiger partial charge in [0.15, 0.2) is 6.61 Å². The summed E-state index contributed by atoms with van der Waals surface area (Å²) in [6, 6.07) is 16.6. The van der Waals surface area contributed by atoms with Crippen molar-refractivity contribution in [2.45, 2.75) is 26.3 Å². The Bertz CT molecular complexity index is 1120. The zero-order valence-electron chi connectivity index (χ0n) is 18.3. The molecular formula is C23H25N7O3. The van der Waals surface area contributed by atoms with Crippen LogP contribution in [0.3, 0.4) is 0 Å². The zero-order valence-corrected chi connectivity index (χ0v) is 18.3. The first-order valence-electron chi connectivity index (χ1n) is 10.8. The maximum absolute atomic E-state index is 12.2. The van der Waals surface area contributed by atoms with E-state index < -0.39 is 0 Å². The zero-order chi connectivity index (χ0) is 23.0. The van der Waals surface area contributed by atoms with Crippen molar-refractivity contribution in [3.05, 3.63) is 60.2 Å². The summed E-state index contributed by atoms with van der Waals surface area (Å²) in [5.41, 5.74) is 4.77. The van der Waals surface area contributed by atoms with E-state index in [9.17, 15) is 9.59 Å². The second kappa shape index (κ2) is 10.5. The molecule has 0 atom stereocenters. The molecule has 2 heterocycles. The summed E-state index contributed by atoms with van der Waals surface area (Å²) >= 11 is 0. The molecule has 2 aromatic carbocycles. The molecule has 1 aromatic heterocycles. The lowest BCUT2D eigenvalue weighted by Gasteiger charge is -2.15. The summed E-state index contributed by atoms with van der Waals surface area (Å²) in [7, 11) is 0. The first kappa shape index (κ1) is 22.1. The molecule has 2 amide bonds. The third-order valence-electron chi connectivity index (χ3n) is 5.21. The largest absolute Gasteiger partial charge is 0.484 e. The van der Waals surface area contributed by atoms with Crippen LogP contribution in [0.25, 0.3) is 11.4 Å². The van der Waals surface area contributed by atoms with Gasteiger partial charge >= 0.3 is 0 Å². The topological polar surface area (TPSA) is 115 Å². The molecule has 1 aliphatic rings. The molecule has 3 aromatic rings. The fourth-order valence-corrected chi connectivity index (χ4v) is 3.38. The molecule has 0 unspecified atom stereocenters. The van der Waals surface area contributed by atoms with E-state index in [4.69, 9.17) is 4.74 Å². The number of tetrazole rings is 1. The average molecular weight is 447 g/mol. The average Bonchev–Trinajstić information content (AvgIpc) is 3.55. The lowest BCUT2D eigenvalue weighted by molar-refractivity contribution is -0.132. The van der Waals surface area contributed by atoms with Crippen molar-refractivity contribution in [3.8, 4) is 17.1 Å². The fraction of sp³-hybridized carbons (Fsp3) is 0.304. The smallest absolute Gasteiger partial charge is 0.263 e. The highest BCUT2D eigenvalue weighted by atomic mass is 16.5. The minimum absolute atomic E-state index is 0.00907. The molecule has 0 saturated carbocycles. The van der Waals surface area contributed by atoms with Crippen molar-refractivity contribution >= 4 is 17.5 Å². The Morgan fingerprint density at radius 2 is 1.79 bits per heavy atom. The van der Waals surface area contributed by atoms with Gasteiger partial charge in [-0.3, -0.25) is 9.59 Å². The number of carbonyl (C=O) groups excluding carboxylic acids is 2. The summed E-state index contributed by atoms with van der Waals surface area (Å²) in [4.78, 5) is 27.3. The normalized spacial score (nSPS) is 13.7. The van der Waals surface area contributed by atoms with Gasteiger partial charge < -0.3 is 9.64 Å². The molecule has 4 rings (SSSR count). The van der Waals surface area contributed by atoms with E-state index in [1.807, 2.05) is 47.4 Å². The van der Waals surface area contributed by atoms with Crippen LogP contribution in [0.2, 0.25) is 0 Å². The van der Waals surface area contributed by atoms with E-state index in [-0.39, 0.29) is 25.0 Å². The number of rotatable bonds is 8. The number of hydrogen-bond donors (Lipinski definition) is 1. The molecule has 33 heavy (non-hydrogen) atoms. The quantitative estimate of drug-likeness (QED) is 0.417. The predicted molar refractivity (Wildman–Crippen MR) is 121 cm³/mol. The van der Waals surface area contributed by atoms with E-state index in [2.05, 4.69) is 25.9 Å². The van der Waals surface area contributed by atoms with Crippen molar-refractivity contribution in [2.75, 3.05) is 19.7 Å². The van der Waals surface area contributed by atoms with Crippen LogP contribution in [0.1, 0.15) is 25.3 Å². The predicted octanol–water partition coefficient (Wildman–Crippen LogP) is 1.88. The summed E-state index contributed by atoms with van der Waals surface area (Å²) < 4.78 is 5.59. The van der Waals surface area contributed by atoms with E-state index >= 15 is 0 Å². The van der Waals surface area contributed by atoms with E-state index in [1.54, 1.807) is 19.1 Å². The molecule has 170 valence electrons. The highest BCUT2D eigenvalue weighted by Crippen LogP contribution is 2.14. The second-order valence-corrected chi connectivity index (χ2v) is 7.64. The highest BCUT2D eigenvalue weighted by Gasteiger charge is 2.18. The van der Waals surface area contributed by atoms with Crippen LogP contribution >= 0.6 is 0 Å². The number of nitrogens with zero attached hydrogens (tertiary/aromatic N) is 6. The number of benzene rings is 2. The van der Waals surface area contributed by atoms with Gasteiger partial charge in [0.1, 0.15) is 12.3 Å². The third kappa shape index (κ3) is 6.00. The molecule has 10 nitrogen and oxygen atoms in total. The van der Waals surface area contributed by atoms with Gasteiger partial charge in [0.25, 0.3) is 11.8 Å². The van der Waals surface area contributed by atoms with Crippen molar-refractivity contribution in [1.29, 1.82) is 0 Å². The van der Waals surface area contributed by atoms with E-state index in [1.165, 1.54) is 4.80 Å². The molecule has 0 spiro atoms. The van der Waals surface area contributed by atoms with Crippen molar-refractivity contribution in [1.82, 2.24) is 30.5 Å². The van der Waals surface area contributed by atoms with Crippen molar-refractivity contribution < 1.29 is 14.3 Å². The van der Waals surface area contributed by atoms with Crippen LogP contribution in [0.4, 0.5) is 0 Å². The molecule has 1 aliphatic heterocycles. The Hall–Kier alpha value is -4.08. The van der Waals surface area contributed by atoms with Crippen molar-refractivity contribution in [3.63, 3.8) is 0 Å². The maximum atomic E-state index is 12.2. The molecule has 0 bridgehead atoms. The minimum Gasteiger partial charge on any atom is -0.484 e. The van der Waals surface area contributed by atoms with E-state index in [0.717, 1.165) is 37.1 Å². The van der Waals surface area contributed by atoms with Crippen LogP contribution in [-0.2, 0) is 16.1 Å². The summed E-state index contributed by atoms with van der Waals surface area (Å²) in [6.45, 7) is 3.33. The number of aromatic nitrogens is 4. The Morgan fingerprint density at radius 3 is 2.52 bits per heavy atom.